The van der Waals surface area contributed by atoms with E-state index in [1.54, 1.807) is 12.1 Å². The Morgan fingerprint density at radius 2 is 2.00 bits per heavy atom. The molecule has 0 saturated heterocycles. The SMILES string of the molecule is Fc1ccc(-c2noc(Cc3ccc[nH]3)n2)cc1. The van der Waals surface area contributed by atoms with Gasteiger partial charge < -0.3 is 9.51 Å². The Bertz CT molecular complexity index is 629. The highest BCUT2D eigenvalue weighted by Gasteiger charge is 2.09. The number of rotatable bonds is 3. The molecule has 1 aromatic carbocycles. The van der Waals surface area contributed by atoms with Gasteiger partial charge in [0.25, 0.3) is 0 Å². The van der Waals surface area contributed by atoms with Crippen LogP contribution in [0.1, 0.15) is 11.6 Å². The van der Waals surface area contributed by atoms with E-state index in [2.05, 4.69) is 15.1 Å². The Morgan fingerprint density at radius 3 is 2.72 bits per heavy atom. The van der Waals surface area contributed by atoms with Crippen LogP contribution in [0.15, 0.2) is 47.1 Å². The average Bonchev–Trinajstić information content (AvgIpc) is 3.02. The van der Waals surface area contributed by atoms with Gasteiger partial charge in [-0.3, -0.25) is 0 Å². The van der Waals surface area contributed by atoms with E-state index in [1.165, 1.54) is 12.1 Å². The van der Waals surface area contributed by atoms with Crippen LogP contribution in [0.4, 0.5) is 4.39 Å². The van der Waals surface area contributed by atoms with Gasteiger partial charge in [-0.25, -0.2) is 4.39 Å². The van der Waals surface area contributed by atoms with Gasteiger partial charge in [-0.2, -0.15) is 4.98 Å². The van der Waals surface area contributed by atoms with Crippen LogP contribution < -0.4 is 0 Å². The number of nitrogens with zero attached hydrogens (tertiary/aromatic N) is 2. The summed E-state index contributed by atoms with van der Waals surface area (Å²) in [4.78, 5) is 7.33. The maximum absolute atomic E-state index is 12.8. The second-order valence-corrected chi connectivity index (χ2v) is 3.89. The normalized spacial score (nSPS) is 10.7. The third kappa shape index (κ3) is 2.15. The molecule has 2 aromatic heterocycles. The summed E-state index contributed by atoms with van der Waals surface area (Å²) in [6.07, 6.45) is 2.40. The number of halogens is 1. The highest BCUT2D eigenvalue weighted by atomic mass is 19.1. The first-order chi connectivity index (χ1) is 8.81. The monoisotopic (exact) mass is 243 g/mol. The Balaban J connectivity index is 1.83. The molecule has 0 aliphatic rings. The van der Waals surface area contributed by atoms with Crippen LogP contribution in [0.5, 0.6) is 0 Å². The molecule has 0 aliphatic heterocycles. The zero-order valence-electron chi connectivity index (χ0n) is 9.43. The lowest BCUT2D eigenvalue weighted by molar-refractivity contribution is 0.385. The molecule has 0 atom stereocenters. The van der Waals surface area contributed by atoms with Crippen LogP contribution in [0.3, 0.4) is 0 Å². The summed E-state index contributed by atoms with van der Waals surface area (Å²) in [6.45, 7) is 0. The van der Waals surface area contributed by atoms with Crippen molar-refractivity contribution in [2.75, 3.05) is 0 Å². The molecule has 90 valence electrons. The van der Waals surface area contributed by atoms with Gasteiger partial charge in [-0.15, -0.1) is 0 Å². The predicted octanol–water partition coefficient (Wildman–Crippen LogP) is 2.79. The predicted molar refractivity (Wildman–Crippen MR) is 63.3 cm³/mol. The van der Waals surface area contributed by atoms with Crippen molar-refractivity contribution >= 4 is 0 Å². The maximum Gasteiger partial charge on any atom is 0.232 e. The molecule has 2 heterocycles. The van der Waals surface area contributed by atoms with Gasteiger partial charge in [0.15, 0.2) is 0 Å². The number of aromatic nitrogens is 3. The molecule has 0 aliphatic carbocycles. The van der Waals surface area contributed by atoms with Crippen LogP contribution in [-0.2, 0) is 6.42 Å². The van der Waals surface area contributed by atoms with Crippen LogP contribution in [0.25, 0.3) is 11.4 Å². The van der Waals surface area contributed by atoms with Gasteiger partial charge in [-0.1, -0.05) is 5.16 Å². The minimum atomic E-state index is -0.283. The van der Waals surface area contributed by atoms with Crippen molar-refractivity contribution in [2.45, 2.75) is 6.42 Å². The summed E-state index contributed by atoms with van der Waals surface area (Å²) in [7, 11) is 0. The third-order valence-corrected chi connectivity index (χ3v) is 2.57. The van der Waals surface area contributed by atoms with Gasteiger partial charge in [0.1, 0.15) is 5.82 Å². The molecule has 18 heavy (non-hydrogen) atoms. The highest BCUT2D eigenvalue weighted by molar-refractivity contribution is 5.53. The smallest absolute Gasteiger partial charge is 0.232 e. The fraction of sp³-hybridized carbons (Fsp3) is 0.0769. The molecule has 3 rings (SSSR count). The molecule has 0 unspecified atom stereocenters. The topological polar surface area (TPSA) is 54.7 Å². The molecule has 0 spiro atoms. The van der Waals surface area contributed by atoms with E-state index in [4.69, 9.17) is 4.52 Å². The van der Waals surface area contributed by atoms with Gasteiger partial charge >= 0.3 is 0 Å². The van der Waals surface area contributed by atoms with E-state index in [0.29, 0.717) is 18.1 Å². The number of nitrogens with one attached hydrogen (secondary N) is 1. The van der Waals surface area contributed by atoms with E-state index in [0.717, 1.165) is 11.3 Å². The lowest BCUT2D eigenvalue weighted by atomic mass is 10.2. The summed E-state index contributed by atoms with van der Waals surface area (Å²) in [5.41, 5.74) is 1.74. The Kier molecular flexibility index (Phi) is 2.64. The molecule has 4 nitrogen and oxygen atoms in total. The molecule has 0 radical (unpaired) electrons. The summed E-state index contributed by atoms with van der Waals surface area (Å²) in [5.74, 6) is 0.710. The minimum Gasteiger partial charge on any atom is -0.365 e. The first kappa shape index (κ1) is 10.7. The standard InChI is InChI=1S/C13H10FN3O/c14-10-5-3-9(4-6-10)13-16-12(18-17-13)8-11-2-1-7-15-11/h1-7,15H,8H2. The molecule has 5 heteroatoms. The fourth-order valence-electron chi connectivity index (χ4n) is 1.68. The van der Waals surface area contributed by atoms with Crippen LogP contribution >= 0.6 is 0 Å². The fourth-order valence-corrected chi connectivity index (χ4v) is 1.68. The number of hydrogen-bond acceptors (Lipinski definition) is 3. The van der Waals surface area contributed by atoms with Crippen LogP contribution in [0, 0.1) is 5.82 Å². The number of benzene rings is 1. The van der Waals surface area contributed by atoms with Crippen molar-refractivity contribution in [3.8, 4) is 11.4 Å². The minimum absolute atomic E-state index is 0.283. The summed E-state index contributed by atoms with van der Waals surface area (Å²) < 4.78 is 17.9. The second kappa shape index (κ2) is 4.44. The first-order valence-electron chi connectivity index (χ1n) is 5.52. The molecular formula is C13H10FN3O. The van der Waals surface area contributed by atoms with Crippen molar-refractivity contribution < 1.29 is 8.91 Å². The van der Waals surface area contributed by atoms with Crippen molar-refractivity contribution in [3.05, 3.63) is 60.0 Å². The number of aromatic amines is 1. The number of H-pyrrole nitrogens is 1. The van der Waals surface area contributed by atoms with Gasteiger partial charge in [0, 0.05) is 17.5 Å². The van der Waals surface area contributed by atoms with Gasteiger partial charge in [0.2, 0.25) is 11.7 Å². The molecule has 0 saturated carbocycles. The molecule has 3 aromatic rings. The summed E-state index contributed by atoms with van der Waals surface area (Å²) >= 11 is 0. The zero-order chi connectivity index (χ0) is 12.4. The van der Waals surface area contributed by atoms with Gasteiger partial charge in [-0.05, 0) is 36.4 Å². The molecule has 0 fully saturated rings. The van der Waals surface area contributed by atoms with E-state index in [1.807, 2.05) is 18.3 Å². The summed E-state index contributed by atoms with van der Waals surface area (Å²) in [5, 5.41) is 3.87. The maximum atomic E-state index is 12.8. The van der Waals surface area contributed by atoms with Crippen molar-refractivity contribution in [2.24, 2.45) is 0 Å². The lowest BCUT2D eigenvalue weighted by Gasteiger charge is -1.92. The Morgan fingerprint density at radius 1 is 1.17 bits per heavy atom. The van der Waals surface area contributed by atoms with Crippen LogP contribution in [0.2, 0.25) is 0 Å². The average molecular weight is 243 g/mol. The lowest BCUT2D eigenvalue weighted by Crippen LogP contribution is -1.88. The van der Waals surface area contributed by atoms with E-state index in [9.17, 15) is 4.39 Å². The van der Waals surface area contributed by atoms with Crippen molar-refractivity contribution in [1.29, 1.82) is 0 Å². The van der Waals surface area contributed by atoms with E-state index >= 15 is 0 Å². The Labute approximate surface area is 102 Å². The summed E-state index contributed by atoms with van der Waals surface area (Å²) in [6, 6.07) is 9.85. The van der Waals surface area contributed by atoms with Crippen LogP contribution in [-0.4, -0.2) is 15.1 Å². The highest BCUT2D eigenvalue weighted by Crippen LogP contribution is 2.17. The largest absolute Gasteiger partial charge is 0.365 e. The van der Waals surface area contributed by atoms with Crippen molar-refractivity contribution in [1.82, 2.24) is 15.1 Å². The third-order valence-electron chi connectivity index (χ3n) is 2.57. The van der Waals surface area contributed by atoms with Crippen molar-refractivity contribution in [3.63, 3.8) is 0 Å². The van der Waals surface area contributed by atoms with E-state index in [-0.39, 0.29) is 5.82 Å². The molecular weight excluding hydrogens is 233 g/mol. The first-order valence-corrected chi connectivity index (χ1v) is 5.52. The Hall–Kier alpha value is -2.43. The second-order valence-electron chi connectivity index (χ2n) is 3.89. The zero-order valence-corrected chi connectivity index (χ0v) is 9.43. The number of hydrogen-bond donors (Lipinski definition) is 1. The van der Waals surface area contributed by atoms with E-state index < -0.39 is 0 Å². The molecule has 0 bridgehead atoms. The van der Waals surface area contributed by atoms with Gasteiger partial charge in [0.05, 0.1) is 6.42 Å². The molecule has 0 amide bonds. The molecule has 1 N–H and O–H groups in total. The quantitative estimate of drug-likeness (QED) is 0.769.